The van der Waals surface area contributed by atoms with E-state index in [4.69, 9.17) is 9.72 Å². The smallest absolute Gasteiger partial charge is 0.270 e. The van der Waals surface area contributed by atoms with Gasteiger partial charge < -0.3 is 19.9 Å². The molecule has 1 aromatic heterocycles. The van der Waals surface area contributed by atoms with Crippen LogP contribution in [-0.2, 0) is 4.74 Å². The van der Waals surface area contributed by atoms with Crippen LogP contribution in [0, 0.1) is 5.41 Å². The van der Waals surface area contributed by atoms with Crippen LogP contribution in [-0.4, -0.2) is 74.3 Å². The summed E-state index contributed by atoms with van der Waals surface area (Å²) in [6.45, 7) is 9.24. The Labute approximate surface area is 168 Å². The largest absolute Gasteiger partial charge is 0.381 e. The summed E-state index contributed by atoms with van der Waals surface area (Å²) in [6, 6.07) is 1.85. The van der Waals surface area contributed by atoms with Gasteiger partial charge in [-0.1, -0.05) is 13.8 Å². The van der Waals surface area contributed by atoms with Crippen LogP contribution < -0.4 is 10.2 Å². The molecule has 7 nitrogen and oxygen atoms in total. The summed E-state index contributed by atoms with van der Waals surface area (Å²) in [4.78, 5) is 26.7. The highest BCUT2D eigenvalue weighted by atomic mass is 16.5. The highest BCUT2D eigenvalue weighted by molar-refractivity contribution is 5.92. The van der Waals surface area contributed by atoms with Gasteiger partial charge in [-0.25, -0.2) is 9.97 Å². The molecule has 3 rings (SSSR count). The molecule has 0 unspecified atom stereocenters. The highest BCUT2D eigenvalue weighted by Crippen LogP contribution is 2.30. The Balaban J connectivity index is 1.75. The Hall–Kier alpha value is -1.73. The zero-order valence-electron chi connectivity index (χ0n) is 17.8. The predicted molar refractivity (Wildman–Crippen MR) is 111 cm³/mol. The van der Waals surface area contributed by atoms with Gasteiger partial charge in [0.05, 0.1) is 0 Å². The predicted octanol–water partition coefficient (Wildman–Crippen LogP) is 2.29. The molecule has 1 aromatic rings. The molecule has 0 radical (unpaired) electrons. The molecule has 1 amide bonds. The minimum atomic E-state index is -0.102. The van der Waals surface area contributed by atoms with Crippen LogP contribution in [0.25, 0.3) is 0 Å². The molecule has 2 aliphatic heterocycles. The quantitative estimate of drug-likeness (QED) is 0.772. The number of carbonyl (C=O) groups excluding carboxylic acids is 1. The molecule has 0 spiro atoms. The summed E-state index contributed by atoms with van der Waals surface area (Å²) >= 11 is 0. The summed E-state index contributed by atoms with van der Waals surface area (Å²) in [6.07, 6.45) is 4.24. The number of ether oxygens (including phenoxy) is 1. The maximum Gasteiger partial charge on any atom is 0.270 e. The summed E-state index contributed by atoms with van der Waals surface area (Å²) < 4.78 is 5.56. The fraction of sp³-hybridized carbons (Fsp3) is 0.762. The monoisotopic (exact) mass is 389 g/mol. The van der Waals surface area contributed by atoms with Crippen LogP contribution in [0.4, 0.5) is 5.95 Å². The number of nitrogens with one attached hydrogen (secondary N) is 1. The van der Waals surface area contributed by atoms with Crippen LogP contribution in [0.2, 0.25) is 0 Å². The van der Waals surface area contributed by atoms with E-state index in [1.165, 1.54) is 0 Å². The summed E-state index contributed by atoms with van der Waals surface area (Å²) in [5.74, 6) is 0.851. The molecule has 28 heavy (non-hydrogen) atoms. The van der Waals surface area contributed by atoms with Crippen LogP contribution >= 0.6 is 0 Å². The lowest BCUT2D eigenvalue weighted by Crippen LogP contribution is -2.47. The minimum absolute atomic E-state index is 0.0586. The second-order valence-corrected chi connectivity index (χ2v) is 8.86. The third kappa shape index (κ3) is 5.20. The minimum Gasteiger partial charge on any atom is -0.381 e. The van der Waals surface area contributed by atoms with Gasteiger partial charge in [-0.3, -0.25) is 4.79 Å². The number of rotatable bonds is 7. The number of hydrogen-bond acceptors (Lipinski definition) is 6. The van der Waals surface area contributed by atoms with Gasteiger partial charge in [0, 0.05) is 50.5 Å². The Morgan fingerprint density at radius 2 is 1.93 bits per heavy atom. The summed E-state index contributed by atoms with van der Waals surface area (Å²) in [5, 5.41) is 3.17. The van der Waals surface area contributed by atoms with E-state index in [-0.39, 0.29) is 17.2 Å². The first-order valence-electron chi connectivity index (χ1n) is 10.5. The van der Waals surface area contributed by atoms with Crippen molar-refractivity contribution in [2.75, 3.05) is 58.4 Å². The molecule has 0 saturated carbocycles. The molecular weight excluding hydrogens is 354 g/mol. The van der Waals surface area contributed by atoms with E-state index >= 15 is 0 Å². The Kier molecular flexibility index (Phi) is 6.88. The van der Waals surface area contributed by atoms with Crippen molar-refractivity contribution >= 4 is 11.9 Å². The van der Waals surface area contributed by atoms with Crippen molar-refractivity contribution in [3.05, 3.63) is 17.5 Å². The Bertz CT molecular complexity index is 665. The number of nitrogens with zero attached hydrogens (tertiary/aromatic N) is 4. The number of aromatic nitrogens is 2. The molecule has 1 N–H and O–H groups in total. The second kappa shape index (κ2) is 9.18. The van der Waals surface area contributed by atoms with E-state index in [9.17, 15) is 4.79 Å². The van der Waals surface area contributed by atoms with Gasteiger partial charge >= 0.3 is 0 Å². The van der Waals surface area contributed by atoms with Gasteiger partial charge in [0.25, 0.3) is 5.91 Å². The molecule has 156 valence electrons. The third-order valence-electron chi connectivity index (χ3n) is 5.78. The number of amides is 1. The van der Waals surface area contributed by atoms with Crippen molar-refractivity contribution in [1.82, 2.24) is 20.2 Å². The fourth-order valence-electron chi connectivity index (χ4n) is 4.15. The number of carbonyl (C=O) groups is 1. The summed E-state index contributed by atoms with van der Waals surface area (Å²) in [7, 11) is 4.17. The molecule has 0 atom stereocenters. The standard InChI is InChI=1S/C21H35N5O2/c1-16(2)17-13-18(24-20(23-17)26-9-5-6-10-26)19(27)22-14-21(15-25(3)4)7-11-28-12-8-21/h13,16H,5-12,14-15H2,1-4H3,(H,22,27). The van der Waals surface area contributed by atoms with Crippen molar-refractivity contribution in [2.45, 2.75) is 45.4 Å². The van der Waals surface area contributed by atoms with E-state index in [0.717, 1.165) is 64.2 Å². The first-order valence-corrected chi connectivity index (χ1v) is 10.5. The topological polar surface area (TPSA) is 70.6 Å². The molecule has 0 bridgehead atoms. The molecule has 3 heterocycles. The fourth-order valence-corrected chi connectivity index (χ4v) is 4.15. The van der Waals surface area contributed by atoms with Crippen molar-refractivity contribution in [3.8, 4) is 0 Å². The lowest BCUT2D eigenvalue weighted by molar-refractivity contribution is 0.00283. The van der Waals surface area contributed by atoms with Crippen molar-refractivity contribution in [3.63, 3.8) is 0 Å². The lowest BCUT2D eigenvalue weighted by Gasteiger charge is -2.39. The second-order valence-electron chi connectivity index (χ2n) is 8.86. The van der Waals surface area contributed by atoms with E-state index in [2.05, 4.69) is 48.0 Å². The summed E-state index contributed by atoms with van der Waals surface area (Å²) in [5.41, 5.74) is 1.46. The van der Waals surface area contributed by atoms with E-state index < -0.39 is 0 Å². The van der Waals surface area contributed by atoms with Gasteiger partial charge in [-0.05, 0) is 51.8 Å². The van der Waals surface area contributed by atoms with Gasteiger partial charge in [0.15, 0.2) is 0 Å². The highest BCUT2D eigenvalue weighted by Gasteiger charge is 2.34. The van der Waals surface area contributed by atoms with E-state index in [1.807, 2.05) is 6.07 Å². The van der Waals surface area contributed by atoms with Gasteiger partial charge in [0.1, 0.15) is 5.69 Å². The van der Waals surface area contributed by atoms with Crippen molar-refractivity contribution < 1.29 is 9.53 Å². The van der Waals surface area contributed by atoms with Crippen LogP contribution in [0.15, 0.2) is 6.07 Å². The van der Waals surface area contributed by atoms with Gasteiger partial charge in [-0.2, -0.15) is 0 Å². The van der Waals surface area contributed by atoms with Crippen molar-refractivity contribution in [1.29, 1.82) is 0 Å². The molecule has 2 aliphatic rings. The van der Waals surface area contributed by atoms with E-state index in [1.54, 1.807) is 0 Å². The average molecular weight is 390 g/mol. The van der Waals surface area contributed by atoms with Gasteiger partial charge in [-0.15, -0.1) is 0 Å². The van der Waals surface area contributed by atoms with Crippen LogP contribution in [0.1, 0.15) is 61.6 Å². The molecular formula is C21H35N5O2. The Morgan fingerprint density at radius 1 is 1.25 bits per heavy atom. The molecule has 2 fully saturated rings. The molecule has 2 saturated heterocycles. The maximum atomic E-state index is 13.0. The third-order valence-corrected chi connectivity index (χ3v) is 5.78. The molecule has 7 heteroatoms. The van der Waals surface area contributed by atoms with Crippen molar-refractivity contribution in [2.24, 2.45) is 5.41 Å². The zero-order chi connectivity index (χ0) is 20.1. The maximum absolute atomic E-state index is 13.0. The number of hydrogen-bond donors (Lipinski definition) is 1. The molecule has 0 aromatic carbocycles. The van der Waals surface area contributed by atoms with Crippen LogP contribution in [0.5, 0.6) is 0 Å². The Morgan fingerprint density at radius 3 is 2.54 bits per heavy atom. The van der Waals surface area contributed by atoms with Crippen LogP contribution in [0.3, 0.4) is 0 Å². The van der Waals surface area contributed by atoms with E-state index in [0.29, 0.717) is 18.2 Å². The normalized spacial score (nSPS) is 19.4. The number of anilines is 1. The average Bonchev–Trinajstić information content (AvgIpc) is 3.21. The zero-order valence-corrected chi connectivity index (χ0v) is 17.8. The van der Waals surface area contributed by atoms with Gasteiger partial charge in [0.2, 0.25) is 5.95 Å². The molecule has 0 aliphatic carbocycles. The first-order chi connectivity index (χ1) is 13.4. The SMILES string of the molecule is CC(C)c1cc(C(=O)NCC2(CN(C)C)CCOCC2)nc(N2CCCC2)n1. The lowest BCUT2D eigenvalue weighted by atomic mass is 9.79. The first kappa shape index (κ1) is 21.0.